The van der Waals surface area contributed by atoms with Gasteiger partial charge in [0.15, 0.2) is 0 Å². The molecular weight excluding hydrogens is 398 g/mol. The van der Waals surface area contributed by atoms with Gasteiger partial charge in [-0.15, -0.1) is 0 Å². The summed E-state index contributed by atoms with van der Waals surface area (Å²) in [6.45, 7) is 4.06. The van der Waals surface area contributed by atoms with E-state index in [2.05, 4.69) is 5.32 Å². The second kappa shape index (κ2) is 10.4. The van der Waals surface area contributed by atoms with Gasteiger partial charge in [-0.25, -0.2) is 9.59 Å². The number of esters is 1. The molecule has 0 bridgehead atoms. The van der Waals surface area contributed by atoms with Crippen LogP contribution in [-0.2, 0) is 22.6 Å². The molecule has 0 atom stereocenters. The van der Waals surface area contributed by atoms with Crippen molar-refractivity contribution in [2.45, 2.75) is 39.7 Å². The first kappa shape index (κ1) is 22.1. The van der Waals surface area contributed by atoms with Crippen molar-refractivity contribution in [3.8, 4) is 5.75 Å². The van der Waals surface area contributed by atoms with E-state index in [0.29, 0.717) is 23.1 Å². The zero-order chi connectivity index (χ0) is 22.2. The highest BCUT2D eigenvalue weighted by Gasteiger charge is 2.15. The monoisotopic (exact) mass is 423 g/mol. The van der Waals surface area contributed by atoms with Gasteiger partial charge >= 0.3 is 17.7 Å². The van der Waals surface area contributed by atoms with Gasteiger partial charge in [0, 0.05) is 12.6 Å². The number of hydrogen-bond acceptors (Lipinski definition) is 6. The quantitative estimate of drug-likeness (QED) is 0.330. The highest BCUT2D eigenvalue weighted by molar-refractivity contribution is 5.90. The number of fused-ring (bicyclic) bond motifs is 1. The van der Waals surface area contributed by atoms with Crippen LogP contribution in [0.4, 0.5) is 4.79 Å². The standard InChI is InChI=1S/C24H25NO6/c1-3-7-18-14-22(27)31-20-13-16(2)12-19(23(18)20)30-21(26)10-11-25-24(28)29-15-17-8-5-4-6-9-17/h4-6,8-9,12-14H,3,7,10-11,15H2,1-2H3,(H,25,28). The van der Waals surface area contributed by atoms with Crippen LogP contribution >= 0.6 is 0 Å². The van der Waals surface area contributed by atoms with E-state index < -0.39 is 17.7 Å². The molecule has 0 aliphatic heterocycles. The average molecular weight is 423 g/mol. The summed E-state index contributed by atoms with van der Waals surface area (Å²) in [6.07, 6.45) is 0.847. The minimum atomic E-state index is -0.607. The molecule has 2 aromatic carbocycles. The first-order valence-corrected chi connectivity index (χ1v) is 10.2. The van der Waals surface area contributed by atoms with Crippen LogP contribution in [0.3, 0.4) is 0 Å². The van der Waals surface area contributed by atoms with Crippen LogP contribution < -0.4 is 15.7 Å². The highest BCUT2D eigenvalue weighted by atomic mass is 16.5. The lowest BCUT2D eigenvalue weighted by atomic mass is 10.0. The molecule has 162 valence electrons. The minimum absolute atomic E-state index is 0.0320. The van der Waals surface area contributed by atoms with Crippen LogP contribution in [-0.4, -0.2) is 18.6 Å². The zero-order valence-corrected chi connectivity index (χ0v) is 17.6. The van der Waals surface area contributed by atoms with Crippen molar-refractivity contribution in [3.05, 3.63) is 75.6 Å². The topological polar surface area (TPSA) is 94.8 Å². The smallest absolute Gasteiger partial charge is 0.407 e. The SMILES string of the molecule is CCCc1cc(=O)oc2cc(C)cc(OC(=O)CCNC(=O)OCc3ccccc3)c12. The van der Waals surface area contributed by atoms with E-state index in [1.54, 1.807) is 12.1 Å². The third kappa shape index (κ3) is 6.18. The summed E-state index contributed by atoms with van der Waals surface area (Å²) in [6, 6.07) is 14.2. The number of carbonyl (C=O) groups is 2. The second-order valence-electron chi connectivity index (χ2n) is 7.19. The molecule has 7 heteroatoms. The van der Waals surface area contributed by atoms with Crippen molar-refractivity contribution in [1.82, 2.24) is 5.32 Å². The number of nitrogens with one attached hydrogen (secondary N) is 1. The van der Waals surface area contributed by atoms with Crippen LogP contribution in [0, 0.1) is 6.92 Å². The lowest BCUT2D eigenvalue weighted by Gasteiger charge is -2.12. The molecule has 3 rings (SSSR count). The van der Waals surface area contributed by atoms with Gasteiger partial charge in [0.05, 0.1) is 11.8 Å². The van der Waals surface area contributed by atoms with E-state index in [1.165, 1.54) is 6.07 Å². The molecule has 0 fully saturated rings. The maximum Gasteiger partial charge on any atom is 0.407 e. The fourth-order valence-electron chi connectivity index (χ4n) is 3.23. The molecule has 0 radical (unpaired) electrons. The predicted molar refractivity (Wildman–Crippen MR) is 116 cm³/mol. The lowest BCUT2D eigenvalue weighted by molar-refractivity contribution is -0.134. The Morgan fingerprint density at radius 3 is 2.61 bits per heavy atom. The largest absolute Gasteiger partial charge is 0.445 e. The number of carbonyl (C=O) groups excluding carboxylic acids is 2. The van der Waals surface area contributed by atoms with Gasteiger partial charge in [-0.3, -0.25) is 4.79 Å². The number of ether oxygens (including phenoxy) is 2. The number of benzene rings is 2. The molecule has 1 heterocycles. The molecular formula is C24H25NO6. The molecule has 0 unspecified atom stereocenters. The van der Waals surface area contributed by atoms with E-state index in [0.717, 1.165) is 23.1 Å². The maximum atomic E-state index is 12.4. The summed E-state index contributed by atoms with van der Waals surface area (Å²) in [7, 11) is 0. The van der Waals surface area contributed by atoms with Crippen LogP contribution in [0.5, 0.6) is 5.75 Å². The number of rotatable bonds is 8. The summed E-state index contributed by atoms with van der Waals surface area (Å²) >= 11 is 0. The normalized spacial score (nSPS) is 10.6. The summed E-state index contributed by atoms with van der Waals surface area (Å²) in [4.78, 5) is 36.0. The van der Waals surface area contributed by atoms with Gasteiger partial charge in [0.25, 0.3) is 0 Å². The molecule has 0 saturated carbocycles. The fraction of sp³-hybridized carbons (Fsp3) is 0.292. The Hall–Kier alpha value is -3.61. The van der Waals surface area contributed by atoms with Crippen molar-refractivity contribution >= 4 is 23.0 Å². The van der Waals surface area contributed by atoms with Gasteiger partial charge in [0.1, 0.15) is 17.9 Å². The summed E-state index contributed by atoms with van der Waals surface area (Å²) < 4.78 is 16.0. The Balaban J connectivity index is 1.60. The number of hydrogen-bond donors (Lipinski definition) is 1. The third-order valence-corrected chi connectivity index (χ3v) is 4.59. The summed E-state index contributed by atoms with van der Waals surface area (Å²) in [5.41, 5.74) is 2.41. The number of aryl methyl sites for hydroxylation is 2. The fourth-order valence-corrected chi connectivity index (χ4v) is 3.23. The van der Waals surface area contributed by atoms with Crippen LogP contribution in [0.15, 0.2) is 57.7 Å². The molecule has 0 spiro atoms. The van der Waals surface area contributed by atoms with Crippen molar-refractivity contribution in [1.29, 1.82) is 0 Å². The maximum absolute atomic E-state index is 12.4. The van der Waals surface area contributed by atoms with Gasteiger partial charge in [-0.2, -0.15) is 0 Å². The highest BCUT2D eigenvalue weighted by Crippen LogP contribution is 2.30. The van der Waals surface area contributed by atoms with Gasteiger partial charge in [-0.1, -0.05) is 43.7 Å². The molecule has 7 nitrogen and oxygen atoms in total. The Bertz CT molecular complexity index is 1120. The van der Waals surface area contributed by atoms with Crippen molar-refractivity contribution in [2.24, 2.45) is 0 Å². The molecule has 31 heavy (non-hydrogen) atoms. The zero-order valence-electron chi connectivity index (χ0n) is 17.6. The molecule has 1 N–H and O–H groups in total. The minimum Gasteiger partial charge on any atom is -0.445 e. The van der Waals surface area contributed by atoms with E-state index in [1.807, 2.05) is 44.2 Å². The van der Waals surface area contributed by atoms with Crippen LogP contribution in [0.1, 0.15) is 36.5 Å². The van der Waals surface area contributed by atoms with Crippen LogP contribution in [0.25, 0.3) is 11.0 Å². The van der Waals surface area contributed by atoms with Crippen LogP contribution in [0.2, 0.25) is 0 Å². The number of alkyl carbamates (subject to hydrolysis) is 1. The first-order chi connectivity index (χ1) is 15.0. The Morgan fingerprint density at radius 2 is 1.87 bits per heavy atom. The summed E-state index contributed by atoms with van der Waals surface area (Å²) in [5, 5.41) is 3.16. The van der Waals surface area contributed by atoms with E-state index in [4.69, 9.17) is 13.9 Å². The lowest BCUT2D eigenvalue weighted by Crippen LogP contribution is -2.27. The molecule has 1 amide bonds. The van der Waals surface area contributed by atoms with E-state index in [9.17, 15) is 14.4 Å². The Labute approximate surface area is 180 Å². The van der Waals surface area contributed by atoms with Gasteiger partial charge in [-0.05, 0) is 42.2 Å². The molecule has 0 aliphatic rings. The Morgan fingerprint density at radius 1 is 1.10 bits per heavy atom. The van der Waals surface area contributed by atoms with Crippen molar-refractivity contribution < 1.29 is 23.5 Å². The third-order valence-electron chi connectivity index (χ3n) is 4.59. The predicted octanol–water partition coefficient (Wildman–Crippen LogP) is 4.28. The van der Waals surface area contributed by atoms with Gasteiger partial charge < -0.3 is 19.2 Å². The molecule has 0 aliphatic carbocycles. The summed E-state index contributed by atoms with van der Waals surface area (Å²) in [5.74, 6) is -0.164. The van der Waals surface area contributed by atoms with Crippen molar-refractivity contribution in [2.75, 3.05) is 6.54 Å². The molecule has 3 aromatic rings. The van der Waals surface area contributed by atoms with E-state index >= 15 is 0 Å². The Kier molecular flexibility index (Phi) is 7.43. The van der Waals surface area contributed by atoms with Crippen molar-refractivity contribution in [3.63, 3.8) is 0 Å². The van der Waals surface area contributed by atoms with E-state index in [-0.39, 0.29) is 19.6 Å². The average Bonchev–Trinajstić information content (AvgIpc) is 2.72. The molecule has 0 saturated heterocycles. The van der Waals surface area contributed by atoms with Gasteiger partial charge in [0.2, 0.25) is 0 Å². The second-order valence-corrected chi connectivity index (χ2v) is 7.19. The number of amides is 1. The molecule has 1 aromatic heterocycles. The first-order valence-electron chi connectivity index (χ1n) is 10.2.